The lowest BCUT2D eigenvalue weighted by molar-refractivity contribution is -0.161. The Hall–Kier alpha value is -2.37. The van der Waals surface area contributed by atoms with Crippen LogP contribution in [0.15, 0.2) is 48.5 Å². The molecule has 2 saturated heterocycles. The number of phenolic OH excluding ortho intramolecular Hbond substituents is 1. The van der Waals surface area contributed by atoms with E-state index < -0.39 is 0 Å². The van der Waals surface area contributed by atoms with Gasteiger partial charge in [-0.15, -0.1) is 0 Å². The van der Waals surface area contributed by atoms with Crippen LogP contribution in [0.25, 0.3) is 0 Å². The minimum absolute atomic E-state index is 0.0950. The summed E-state index contributed by atoms with van der Waals surface area (Å²) in [6.45, 7) is 5.35. The average Bonchev–Trinajstić information content (AvgIpc) is 3.30. The number of phenols is 1. The molecule has 2 bridgehead atoms. The Morgan fingerprint density at radius 3 is 2.72 bits per heavy atom. The number of hydrogen-bond donors (Lipinski definition) is 1. The SMILES string of the molecule is CC1N(CC2CCC2)CC2Cc3ccc(O)cc3C23C2COC13CCC2N(C)C(=O)c1ccccc1. The van der Waals surface area contributed by atoms with Gasteiger partial charge in [-0.05, 0) is 86.3 Å². The van der Waals surface area contributed by atoms with E-state index >= 15 is 0 Å². The lowest BCUT2D eigenvalue weighted by atomic mass is 9.48. The van der Waals surface area contributed by atoms with Gasteiger partial charge in [-0.2, -0.15) is 0 Å². The summed E-state index contributed by atoms with van der Waals surface area (Å²) in [5, 5.41) is 10.6. The zero-order valence-corrected chi connectivity index (χ0v) is 21.5. The first-order valence-electron chi connectivity index (χ1n) is 14.0. The third-order valence-electron chi connectivity index (χ3n) is 11.0. The van der Waals surface area contributed by atoms with E-state index in [4.69, 9.17) is 4.74 Å². The molecule has 2 saturated carbocycles. The zero-order valence-electron chi connectivity index (χ0n) is 21.5. The van der Waals surface area contributed by atoms with Crippen LogP contribution in [0.4, 0.5) is 0 Å². The van der Waals surface area contributed by atoms with Gasteiger partial charge < -0.3 is 14.7 Å². The summed E-state index contributed by atoms with van der Waals surface area (Å²) in [7, 11) is 1.99. The maximum absolute atomic E-state index is 13.6. The van der Waals surface area contributed by atoms with Gasteiger partial charge in [0.05, 0.1) is 12.2 Å². The standard InChI is InChI=1S/C31H38N2O3/c1-20-30-14-13-28(32(2)29(35)22-9-4-3-5-10-22)27(19-36-30)31(30)24(18-33(20)17-21-7-6-8-21)15-23-11-12-25(34)16-26(23)31/h3-5,9-12,16,20-21,24,27-28,34H,6-8,13-15,17-19H2,1-2H3. The van der Waals surface area contributed by atoms with Crippen LogP contribution in [0.3, 0.4) is 0 Å². The van der Waals surface area contributed by atoms with Gasteiger partial charge in [0.2, 0.25) is 0 Å². The van der Waals surface area contributed by atoms with Crippen LogP contribution >= 0.6 is 0 Å². The van der Waals surface area contributed by atoms with Crippen molar-refractivity contribution in [2.45, 2.75) is 68.5 Å². The molecule has 2 aliphatic heterocycles. The Kier molecular flexibility index (Phi) is 5.11. The van der Waals surface area contributed by atoms with Crippen molar-refractivity contribution in [2.24, 2.45) is 17.8 Å². The lowest BCUT2D eigenvalue weighted by Crippen LogP contribution is -2.74. The van der Waals surface area contributed by atoms with E-state index in [1.165, 1.54) is 36.9 Å². The van der Waals surface area contributed by atoms with Gasteiger partial charge in [0.25, 0.3) is 5.91 Å². The molecule has 6 atom stereocenters. The summed E-state index contributed by atoms with van der Waals surface area (Å²) in [6.07, 6.45) is 7.04. The quantitative estimate of drug-likeness (QED) is 0.685. The molecular formula is C31H38N2O3. The molecule has 1 amide bonds. The molecule has 190 valence electrons. The maximum Gasteiger partial charge on any atom is 0.253 e. The van der Waals surface area contributed by atoms with E-state index in [9.17, 15) is 9.90 Å². The highest BCUT2D eigenvalue weighted by molar-refractivity contribution is 5.94. The maximum atomic E-state index is 13.6. The van der Waals surface area contributed by atoms with Crippen LogP contribution in [0.1, 0.15) is 60.5 Å². The number of likely N-dealkylation sites (tertiary alicyclic amines) is 1. The van der Waals surface area contributed by atoms with Crippen molar-refractivity contribution in [3.8, 4) is 5.75 Å². The summed E-state index contributed by atoms with van der Waals surface area (Å²) in [5.74, 6) is 1.94. The molecule has 2 heterocycles. The third kappa shape index (κ3) is 2.87. The fraction of sp³-hybridized carbons (Fsp3) is 0.581. The van der Waals surface area contributed by atoms with E-state index in [1.54, 1.807) is 0 Å². The number of carbonyl (C=O) groups is 1. The van der Waals surface area contributed by atoms with Crippen LogP contribution in [-0.4, -0.2) is 65.2 Å². The zero-order chi connectivity index (χ0) is 24.7. The molecule has 0 radical (unpaired) electrons. The molecule has 36 heavy (non-hydrogen) atoms. The number of rotatable bonds is 4. The highest BCUT2D eigenvalue weighted by Gasteiger charge is 2.75. The number of benzene rings is 2. The van der Waals surface area contributed by atoms with Gasteiger partial charge in [-0.1, -0.05) is 30.7 Å². The number of piperidine rings is 1. The molecule has 0 aromatic heterocycles. The smallest absolute Gasteiger partial charge is 0.253 e. The fourth-order valence-corrected chi connectivity index (χ4v) is 9.17. The number of fused-ring (bicyclic) bond motifs is 1. The second-order valence-corrected chi connectivity index (χ2v) is 12.2. The van der Waals surface area contributed by atoms with Gasteiger partial charge in [-0.3, -0.25) is 9.69 Å². The summed E-state index contributed by atoms with van der Waals surface area (Å²) in [4.78, 5) is 18.3. The van der Waals surface area contributed by atoms with E-state index in [2.05, 4.69) is 17.9 Å². The van der Waals surface area contributed by atoms with Crippen LogP contribution in [0.2, 0.25) is 0 Å². The van der Waals surface area contributed by atoms with Crippen LogP contribution in [0.5, 0.6) is 5.75 Å². The predicted molar refractivity (Wildman–Crippen MR) is 139 cm³/mol. The van der Waals surface area contributed by atoms with Crippen molar-refractivity contribution in [3.05, 3.63) is 65.2 Å². The summed E-state index contributed by atoms with van der Waals surface area (Å²) in [6, 6.07) is 16.2. The highest BCUT2D eigenvalue weighted by Crippen LogP contribution is 2.68. The summed E-state index contributed by atoms with van der Waals surface area (Å²) < 4.78 is 7.05. The first-order chi connectivity index (χ1) is 17.5. The molecular weight excluding hydrogens is 448 g/mol. The van der Waals surface area contributed by atoms with E-state index in [-0.39, 0.29) is 28.9 Å². The predicted octanol–water partition coefficient (Wildman–Crippen LogP) is 4.63. The van der Waals surface area contributed by atoms with Crippen molar-refractivity contribution in [2.75, 3.05) is 26.7 Å². The minimum atomic E-state index is -0.267. The van der Waals surface area contributed by atoms with E-state index in [0.29, 0.717) is 24.3 Å². The Morgan fingerprint density at radius 1 is 1.17 bits per heavy atom. The van der Waals surface area contributed by atoms with Crippen LogP contribution in [0, 0.1) is 17.8 Å². The van der Waals surface area contributed by atoms with Crippen LogP contribution in [-0.2, 0) is 16.6 Å². The summed E-state index contributed by atoms with van der Waals surface area (Å²) in [5.41, 5.74) is 2.99. The minimum Gasteiger partial charge on any atom is -0.508 e. The van der Waals surface area contributed by atoms with Crippen molar-refractivity contribution in [3.63, 3.8) is 0 Å². The van der Waals surface area contributed by atoms with Crippen molar-refractivity contribution in [1.29, 1.82) is 0 Å². The Balaban J connectivity index is 1.32. The van der Waals surface area contributed by atoms with Crippen molar-refractivity contribution >= 4 is 5.91 Å². The molecule has 3 aliphatic carbocycles. The van der Waals surface area contributed by atoms with Crippen molar-refractivity contribution in [1.82, 2.24) is 9.80 Å². The second-order valence-electron chi connectivity index (χ2n) is 12.2. The van der Waals surface area contributed by atoms with Gasteiger partial charge >= 0.3 is 0 Å². The lowest BCUT2D eigenvalue weighted by Gasteiger charge is -2.63. The number of nitrogens with zero attached hydrogens (tertiary/aromatic N) is 2. The molecule has 1 N–H and O–H groups in total. The molecule has 1 spiro atoms. The van der Waals surface area contributed by atoms with Gasteiger partial charge in [0, 0.05) is 49.1 Å². The van der Waals surface area contributed by atoms with E-state index in [0.717, 1.165) is 37.3 Å². The first kappa shape index (κ1) is 22.8. The van der Waals surface area contributed by atoms with Crippen molar-refractivity contribution < 1.29 is 14.6 Å². The monoisotopic (exact) mass is 486 g/mol. The Labute approximate surface area is 214 Å². The first-order valence-corrected chi connectivity index (χ1v) is 14.0. The molecule has 5 heteroatoms. The Morgan fingerprint density at radius 2 is 1.97 bits per heavy atom. The molecule has 2 aromatic rings. The second kappa shape index (κ2) is 8.06. The fourth-order valence-electron chi connectivity index (χ4n) is 9.17. The van der Waals surface area contributed by atoms with Gasteiger partial charge in [-0.25, -0.2) is 0 Å². The number of aromatic hydroxyl groups is 1. The largest absolute Gasteiger partial charge is 0.508 e. The molecule has 2 aromatic carbocycles. The average molecular weight is 487 g/mol. The summed E-state index contributed by atoms with van der Waals surface area (Å²) >= 11 is 0. The van der Waals surface area contributed by atoms with Gasteiger partial charge in [0.15, 0.2) is 0 Å². The molecule has 5 aliphatic rings. The number of hydrogen-bond acceptors (Lipinski definition) is 4. The number of amides is 1. The normalized spacial score (nSPS) is 37.1. The van der Waals surface area contributed by atoms with Crippen LogP contribution < -0.4 is 0 Å². The van der Waals surface area contributed by atoms with Gasteiger partial charge in [0.1, 0.15) is 5.75 Å². The molecule has 7 rings (SSSR count). The van der Waals surface area contributed by atoms with E-state index in [1.807, 2.05) is 54.4 Å². The number of carbonyl (C=O) groups excluding carboxylic acids is 1. The molecule has 5 nitrogen and oxygen atoms in total. The highest BCUT2D eigenvalue weighted by atomic mass is 16.5. The molecule has 6 unspecified atom stereocenters. The molecule has 4 fully saturated rings. The Bertz CT molecular complexity index is 1180. The third-order valence-corrected chi connectivity index (χ3v) is 11.0. The topological polar surface area (TPSA) is 53.0 Å². The number of ether oxygens (including phenoxy) is 1.